The van der Waals surface area contributed by atoms with Crippen LogP contribution in [0.4, 0.5) is 13.2 Å². The molecule has 0 amide bonds. The number of aromatic nitrogens is 1. The topological polar surface area (TPSA) is 12.9 Å². The van der Waals surface area contributed by atoms with Gasteiger partial charge in [-0.3, -0.25) is 0 Å². The second kappa shape index (κ2) is 2.32. The van der Waals surface area contributed by atoms with Gasteiger partial charge in [-0.25, -0.2) is 19.2 Å². The smallest absolute Gasteiger partial charge is 0.173 e. The van der Waals surface area contributed by atoms with E-state index in [0.717, 1.165) is 0 Å². The molecule has 0 aliphatic heterocycles. The van der Waals surface area contributed by atoms with Crippen LogP contribution in [0.25, 0.3) is 0 Å². The minimum Gasteiger partial charge on any atom is -0.570 e. The van der Waals surface area contributed by atoms with E-state index in [2.05, 4.69) is 4.98 Å². The molecule has 3 radical (unpaired) electrons. The van der Waals surface area contributed by atoms with Crippen LogP contribution in [0.15, 0.2) is 6.20 Å². The van der Waals surface area contributed by atoms with Gasteiger partial charge in [0.25, 0.3) is 0 Å². The Morgan fingerprint density at radius 3 is 2.40 bits per heavy atom. The molecule has 1 aromatic heterocycles. The third-order valence-electron chi connectivity index (χ3n) is 0.960. The predicted octanol–water partition coefficient (Wildman–Crippen LogP) is 0.293. The normalized spacial score (nSPS) is 10.0. The molecule has 1 nitrogen and oxygen atoms in total. The van der Waals surface area contributed by atoms with Crippen LogP contribution in [-0.2, 0) is 0 Å². The van der Waals surface area contributed by atoms with E-state index in [1.54, 1.807) is 0 Å². The van der Waals surface area contributed by atoms with E-state index < -0.39 is 23.0 Å². The summed E-state index contributed by atoms with van der Waals surface area (Å²) in [5.74, 6) is -3.84. The van der Waals surface area contributed by atoms with Gasteiger partial charge in [-0.1, -0.05) is 0 Å². The first kappa shape index (κ1) is 7.12. The Hall–Kier alpha value is -0.995. The Morgan fingerprint density at radius 2 is 1.90 bits per heavy atom. The summed E-state index contributed by atoms with van der Waals surface area (Å²) in [5, 5.41) is 0. The number of pyridine rings is 1. The van der Waals surface area contributed by atoms with Gasteiger partial charge in [0.1, 0.15) is 5.82 Å². The lowest BCUT2D eigenvalue weighted by Gasteiger charge is -2.08. The summed E-state index contributed by atoms with van der Waals surface area (Å²) < 4.78 is 36.4. The summed E-state index contributed by atoms with van der Waals surface area (Å²) in [6, 6.07) is 0. The third-order valence-corrected chi connectivity index (χ3v) is 0.960. The maximum atomic E-state index is 12.2. The zero-order valence-corrected chi connectivity index (χ0v) is 4.74. The van der Waals surface area contributed by atoms with Gasteiger partial charge < -0.3 is 7.85 Å². The molecular weight excluding hydrogens is 142 g/mol. The average Bonchev–Trinajstić information content (AvgIpc) is 1.93. The molecule has 10 heavy (non-hydrogen) atoms. The molecule has 0 fully saturated rings. The molecule has 1 aromatic rings. The first-order chi connectivity index (χ1) is 4.63. The molecule has 0 unspecified atom stereocenters. The SMILES string of the molecule is [B-]c1c(F)ncc(F)c1F. The van der Waals surface area contributed by atoms with E-state index in [1.807, 2.05) is 0 Å². The third kappa shape index (κ3) is 0.986. The van der Waals surface area contributed by atoms with Crippen molar-refractivity contribution in [3.05, 3.63) is 23.8 Å². The Bertz CT molecular complexity index is 236. The summed E-state index contributed by atoms with van der Waals surface area (Å²) in [5.41, 5.74) is -0.889. The molecular formula is C5HBF3N-. The molecule has 0 aliphatic carbocycles. The van der Waals surface area contributed by atoms with Gasteiger partial charge in [-0.2, -0.15) is 4.39 Å². The average molecular weight is 143 g/mol. The second-order valence-electron chi connectivity index (χ2n) is 1.62. The highest BCUT2D eigenvalue weighted by atomic mass is 19.2. The van der Waals surface area contributed by atoms with Gasteiger partial charge in [0.05, 0.1) is 6.20 Å². The molecule has 0 atom stereocenters. The van der Waals surface area contributed by atoms with Crippen molar-refractivity contribution in [2.75, 3.05) is 0 Å². The summed E-state index contributed by atoms with van der Waals surface area (Å²) in [4.78, 5) is 2.83. The molecule has 0 bridgehead atoms. The fourth-order valence-electron chi connectivity index (χ4n) is 0.459. The van der Waals surface area contributed by atoms with Crippen LogP contribution in [-0.4, -0.2) is 12.8 Å². The van der Waals surface area contributed by atoms with Crippen LogP contribution in [0.1, 0.15) is 0 Å². The Labute approximate surface area is 56.3 Å². The second-order valence-corrected chi connectivity index (χ2v) is 1.62. The molecule has 0 aromatic carbocycles. The van der Waals surface area contributed by atoms with Crippen LogP contribution in [0.3, 0.4) is 0 Å². The number of rotatable bonds is 0. The molecule has 0 aliphatic rings. The highest BCUT2D eigenvalue weighted by molar-refractivity contribution is 6.32. The Morgan fingerprint density at radius 1 is 1.30 bits per heavy atom. The molecule has 0 saturated heterocycles. The lowest BCUT2D eigenvalue weighted by molar-refractivity contribution is 0.489. The summed E-state index contributed by atoms with van der Waals surface area (Å²) in [6.45, 7) is 0. The van der Waals surface area contributed by atoms with Gasteiger partial charge in [0, 0.05) is 0 Å². The van der Waals surface area contributed by atoms with Crippen molar-refractivity contribution in [2.45, 2.75) is 0 Å². The van der Waals surface area contributed by atoms with Gasteiger partial charge in [-0.15, -0.1) is 0 Å². The Kier molecular flexibility index (Phi) is 1.65. The maximum absolute atomic E-state index is 12.2. The van der Waals surface area contributed by atoms with Crippen LogP contribution in [0, 0.1) is 17.6 Å². The van der Waals surface area contributed by atoms with Crippen molar-refractivity contribution in [3.63, 3.8) is 0 Å². The van der Waals surface area contributed by atoms with Crippen molar-refractivity contribution in [3.8, 4) is 0 Å². The fourth-order valence-corrected chi connectivity index (χ4v) is 0.459. The molecule has 0 N–H and O–H groups in total. The van der Waals surface area contributed by atoms with Crippen molar-refractivity contribution in [1.82, 2.24) is 4.98 Å². The van der Waals surface area contributed by atoms with E-state index in [0.29, 0.717) is 6.20 Å². The minimum atomic E-state index is -1.40. The van der Waals surface area contributed by atoms with Crippen LogP contribution in [0.2, 0.25) is 0 Å². The van der Waals surface area contributed by atoms with Crippen LogP contribution >= 0.6 is 0 Å². The highest BCUT2D eigenvalue weighted by Gasteiger charge is 2.01. The quantitative estimate of drug-likeness (QED) is 0.375. The van der Waals surface area contributed by atoms with Crippen molar-refractivity contribution < 1.29 is 13.2 Å². The standard InChI is InChI=1S/C5HBF3N/c6-3-4(8)2(7)1-10-5(3)9/h1H/q-1. The molecule has 1 heterocycles. The van der Waals surface area contributed by atoms with Gasteiger partial charge in [0.15, 0.2) is 11.8 Å². The molecule has 1 rings (SSSR count). The zero-order chi connectivity index (χ0) is 7.72. The minimum absolute atomic E-state index is 0.432. The lowest BCUT2D eigenvalue weighted by Crippen LogP contribution is -2.17. The molecule has 5 heteroatoms. The summed E-state index contributed by atoms with van der Waals surface area (Å²) in [6.07, 6.45) is 0.432. The first-order valence-electron chi connectivity index (χ1n) is 2.38. The van der Waals surface area contributed by atoms with Crippen LogP contribution in [0.5, 0.6) is 0 Å². The van der Waals surface area contributed by atoms with Crippen LogP contribution < -0.4 is 5.46 Å². The van der Waals surface area contributed by atoms with Crippen molar-refractivity contribution in [1.29, 1.82) is 0 Å². The van der Waals surface area contributed by atoms with E-state index in [1.165, 1.54) is 0 Å². The summed E-state index contributed by atoms with van der Waals surface area (Å²) >= 11 is 0. The first-order valence-corrected chi connectivity index (χ1v) is 2.38. The van der Waals surface area contributed by atoms with Crippen molar-refractivity contribution >= 4 is 13.3 Å². The van der Waals surface area contributed by atoms with E-state index in [9.17, 15) is 13.2 Å². The lowest BCUT2D eigenvalue weighted by atomic mass is 9.97. The summed E-state index contributed by atoms with van der Waals surface area (Å²) in [7, 11) is 4.73. The Balaban J connectivity index is 3.34. The van der Waals surface area contributed by atoms with E-state index >= 15 is 0 Å². The predicted molar refractivity (Wildman–Crippen MR) is 29.5 cm³/mol. The fraction of sp³-hybridized carbons (Fsp3) is 0. The number of nitrogens with zero attached hydrogens (tertiary/aromatic N) is 1. The highest BCUT2D eigenvalue weighted by Crippen LogP contribution is 1.99. The molecule has 0 saturated carbocycles. The molecule has 0 spiro atoms. The van der Waals surface area contributed by atoms with E-state index in [-0.39, 0.29) is 0 Å². The van der Waals surface area contributed by atoms with Gasteiger partial charge in [0.2, 0.25) is 0 Å². The number of hydrogen-bond acceptors (Lipinski definition) is 1. The number of hydrogen-bond donors (Lipinski definition) is 0. The largest absolute Gasteiger partial charge is 0.570 e. The van der Waals surface area contributed by atoms with Crippen molar-refractivity contribution in [2.24, 2.45) is 0 Å². The zero-order valence-electron chi connectivity index (χ0n) is 4.74. The molecule has 51 valence electrons. The monoisotopic (exact) mass is 143 g/mol. The van der Waals surface area contributed by atoms with E-state index in [4.69, 9.17) is 7.85 Å². The number of halogens is 3. The van der Waals surface area contributed by atoms with Gasteiger partial charge >= 0.3 is 0 Å². The maximum Gasteiger partial charge on any atom is 0.173 e. The van der Waals surface area contributed by atoms with Gasteiger partial charge in [-0.05, 0) is 0 Å².